The van der Waals surface area contributed by atoms with Gasteiger partial charge in [0.25, 0.3) is 5.56 Å². The zero-order valence-corrected chi connectivity index (χ0v) is 10.2. The van der Waals surface area contributed by atoms with E-state index < -0.39 is 0 Å². The number of benzene rings is 1. The lowest BCUT2D eigenvalue weighted by Gasteiger charge is -2.09. The molecule has 0 radical (unpaired) electrons. The zero-order valence-electron chi connectivity index (χ0n) is 10.2. The van der Waals surface area contributed by atoms with Gasteiger partial charge in [-0.15, -0.1) is 0 Å². The van der Waals surface area contributed by atoms with E-state index in [0.717, 1.165) is 11.8 Å². The molecule has 4 nitrogen and oxygen atoms in total. The first-order valence-corrected chi connectivity index (χ1v) is 5.90. The Hall–Kier alpha value is -2.28. The maximum atomic E-state index is 12.2. The summed E-state index contributed by atoms with van der Waals surface area (Å²) in [6.07, 6.45) is 2.68. The Morgan fingerprint density at radius 2 is 2.17 bits per heavy atom. The third-order valence-corrected chi connectivity index (χ3v) is 2.74. The van der Waals surface area contributed by atoms with Gasteiger partial charge >= 0.3 is 0 Å². The van der Waals surface area contributed by atoms with Crippen LogP contribution in [-0.2, 0) is 6.54 Å². The number of ether oxygens (including phenoxy) is 1. The number of rotatable bonds is 4. The molecule has 1 heterocycles. The van der Waals surface area contributed by atoms with Gasteiger partial charge in [0, 0.05) is 18.1 Å². The summed E-state index contributed by atoms with van der Waals surface area (Å²) in [5.74, 6) is 0.579. The molecule has 0 saturated carbocycles. The summed E-state index contributed by atoms with van der Waals surface area (Å²) in [5, 5.41) is 9.91. The van der Waals surface area contributed by atoms with Crippen LogP contribution in [0.3, 0.4) is 0 Å². The summed E-state index contributed by atoms with van der Waals surface area (Å²) in [4.78, 5) is 12.2. The van der Waals surface area contributed by atoms with Crippen molar-refractivity contribution in [2.45, 2.75) is 19.9 Å². The molecule has 0 bridgehead atoms. The normalized spacial score (nSPS) is 10.2. The number of hydrogen-bond donors (Lipinski definition) is 0. The Bertz CT molecular complexity index is 653. The van der Waals surface area contributed by atoms with E-state index in [1.165, 1.54) is 0 Å². The minimum Gasteiger partial charge on any atom is -0.478 e. The molecule has 0 fully saturated rings. The molecule has 0 amide bonds. The summed E-state index contributed by atoms with van der Waals surface area (Å²) < 4.78 is 7.00. The van der Waals surface area contributed by atoms with Gasteiger partial charge in [0.15, 0.2) is 6.61 Å². The van der Waals surface area contributed by atoms with Crippen molar-refractivity contribution in [1.82, 2.24) is 4.57 Å². The van der Waals surface area contributed by atoms with Crippen molar-refractivity contribution in [1.29, 1.82) is 5.26 Å². The molecular weight excluding hydrogens is 228 g/mol. The van der Waals surface area contributed by atoms with Crippen LogP contribution in [0.25, 0.3) is 10.8 Å². The predicted molar refractivity (Wildman–Crippen MR) is 69.6 cm³/mol. The Kier molecular flexibility index (Phi) is 3.63. The molecule has 0 N–H and O–H groups in total. The topological polar surface area (TPSA) is 55.0 Å². The molecule has 0 aliphatic heterocycles. The lowest BCUT2D eigenvalue weighted by Crippen LogP contribution is -2.19. The highest BCUT2D eigenvalue weighted by Gasteiger charge is 2.06. The van der Waals surface area contributed by atoms with Gasteiger partial charge in [-0.05, 0) is 24.6 Å². The van der Waals surface area contributed by atoms with Crippen molar-refractivity contribution in [2.75, 3.05) is 6.61 Å². The van der Waals surface area contributed by atoms with Gasteiger partial charge in [0.05, 0.1) is 5.39 Å². The van der Waals surface area contributed by atoms with Crippen LogP contribution in [0.2, 0.25) is 0 Å². The van der Waals surface area contributed by atoms with E-state index in [-0.39, 0.29) is 12.2 Å². The summed E-state index contributed by atoms with van der Waals surface area (Å²) >= 11 is 0. The number of nitrogens with zero attached hydrogens (tertiary/aromatic N) is 2. The molecule has 1 aromatic carbocycles. The first-order valence-electron chi connectivity index (χ1n) is 5.90. The molecule has 0 spiro atoms. The average molecular weight is 242 g/mol. The van der Waals surface area contributed by atoms with E-state index >= 15 is 0 Å². The lowest BCUT2D eigenvalue weighted by molar-refractivity contribution is 0.372. The molecule has 0 atom stereocenters. The molecule has 0 aliphatic carbocycles. The molecule has 18 heavy (non-hydrogen) atoms. The SMILES string of the molecule is CCCn1ccc2c(OCC#N)cccc2c1=O. The Morgan fingerprint density at radius 1 is 1.33 bits per heavy atom. The van der Waals surface area contributed by atoms with Crippen LogP contribution in [0.4, 0.5) is 0 Å². The quantitative estimate of drug-likeness (QED) is 0.826. The molecule has 2 rings (SSSR count). The summed E-state index contributed by atoms with van der Waals surface area (Å²) in [5.41, 5.74) is -0.0169. The van der Waals surface area contributed by atoms with Gasteiger partial charge < -0.3 is 9.30 Å². The number of fused-ring (bicyclic) bond motifs is 1. The van der Waals surface area contributed by atoms with Gasteiger partial charge in [0.2, 0.25) is 0 Å². The van der Waals surface area contributed by atoms with E-state index in [9.17, 15) is 4.79 Å². The second-order valence-electron chi connectivity index (χ2n) is 3.98. The van der Waals surface area contributed by atoms with Crippen LogP contribution in [0.1, 0.15) is 13.3 Å². The lowest BCUT2D eigenvalue weighted by atomic mass is 10.1. The number of aryl methyl sites for hydroxylation is 1. The van der Waals surface area contributed by atoms with Gasteiger partial charge in [-0.25, -0.2) is 0 Å². The van der Waals surface area contributed by atoms with Crippen molar-refractivity contribution in [2.24, 2.45) is 0 Å². The fraction of sp³-hybridized carbons (Fsp3) is 0.286. The second-order valence-corrected chi connectivity index (χ2v) is 3.98. The number of pyridine rings is 1. The minimum absolute atomic E-state index is 0.0167. The average Bonchev–Trinajstić information content (AvgIpc) is 2.40. The monoisotopic (exact) mass is 242 g/mol. The third kappa shape index (κ3) is 2.21. The van der Waals surface area contributed by atoms with Crippen LogP contribution in [0, 0.1) is 11.3 Å². The van der Waals surface area contributed by atoms with Crippen LogP contribution >= 0.6 is 0 Å². The van der Waals surface area contributed by atoms with E-state index in [2.05, 4.69) is 0 Å². The predicted octanol–water partition coefficient (Wildman–Crippen LogP) is 2.31. The second kappa shape index (κ2) is 5.37. The van der Waals surface area contributed by atoms with Gasteiger partial charge in [-0.3, -0.25) is 4.79 Å². The fourth-order valence-electron chi connectivity index (χ4n) is 1.94. The highest BCUT2D eigenvalue weighted by Crippen LogP contribution is 2.22. The van der Waals surface area contributed by atoms with Gasteiger partial charge in [-0.1, -0.05) is 13.0 Å². The van der Waals surface area contributed by atoms with Crippen molar-refractivity contribution >= 4 is 10.8 Å². The molecular formula is C14H14N2O2. The van der Waals surface area contributed by atoms with Gasteiger partial charge in [0.1, 0.15) is 11.8 Å². The standard InChI is InChI=1S/C14H14N2O2/c1-2-8-16-9-6-11-12(14(16)17)4-3-5-13(11)18-10-7-15/h3-6,9H,2,8,10H2,1H3. The van der Waals surface area contributed by atoms with E-state index in [0.29, 0.717) is 17.7 Å². The van der Waals surface area contributed by atoms with Crippen molar-refractivity contribution in [3.05, 3.63) is 40.8 Å². The van der Waals surface area contributed by atoms with E-state index in [1.54, 1.807) is 29.0 Å². The first kappa shape index (κ1) is 12.2. The molecule has 1 aromatic heterocycles. The Labute approximate surface area is 105 Å². The molecule has 0 aliphatic rings. The highest BCUT2D eigenvalue weighted by atomic mass is 16.5. The number of aromatic nitrogens is 1. The maximum Gasteiger partial charge on any atom is 0.258 e. The minimum atomic E-state index is -0.0169. The first-order chi connectivity index (χ1) is 8.77. The number of hydrogen-bond acceptors (Lipinski definition) is 3. The van der Waals surface area contributed by atoms with Crippen molar-refractivity contribution in [3.8, 4) is 11.8 Å². The smallest absolute Gasteiger partial charge is 0.258 e. The summed E-state index contributed by atoms with van der Waals surface area (Å²) in [6.45, 7) is 2.72. The Balaban J connectivity index is 2.56. The summed E-state index contributed by atoms with van der Waals surface area (Å²) in [7, 11) is 0. The highest BCUT2D eigenvalue weighted by molar-refractivity contribution is 5.87. The third-order valence-electron chi connectivity index (χ3n) is 2.74. The van der Waals surface area contributed by atoms with Crippen LogP contribution in [-0.4, -0.2) is 11.2 Å². The molecule has 92 valence electrons. The molecule has 2 aromatic rings. The van der Waals surface area contributed by atoms with E-state index in [4.69, 9.17) is 10.00 Å². The maximum absolute atomic E-state index is 12.2. The largest absolute Gasteiger partial charge is 0.478 e. The van der Waals surface area contributed by atoms with Crippen LogP contribution in [0.5, 0.6) is 5.75 Å². The molecule has 0 unspecified atom stereocenters. The van der Waals surface area contributed by atoms with Gasteiger partial charge in [-0.2, -0.15) is 5.26 Å². The van der Waals surface area contributed by atoms with Crippen LogP contribution in [0.15, 0.2) is 35.3 Å². The van der Waals surface area contributed by atoms with Crippen LogP contribution < -0.4 is 10.3 Å². The fourth-order valence-corrected chi connectivity index (χ4v) is 1.94. The van der Waals surface area contributed by atoms with E-state index in [1.807, 2.05) is 19.1 Å². The zero-order chi connectivity index (χ0) is 13.0. The molecule has 0 saturated heterocycles. The van der Waals surface area contributed by atoms with Crippen molar-refractivity contribution < 1.29 is 4.74 Å². The number of nitriles is 1. The van der Waals surface area contributed by atoms with Crippen molar-refractivity contribution in [3.63, 3.8) is 0 Å². The Morgan fingerprint density at radius 3 is 2.89 bits per heavy atom. The molecule has 4 heteroatoms. The summed E-state index contributed by atoms with van der Waals surface area (Å²) in [6, 6.07) is 9.10.